The summed E-state index contributed by atoms with van der Waals surface area (Å²) in [4.78, 5) is 11.2. The van der Waals surface area contributed by atoms with Crippen LogP contribution in [0.5, 0.6) is 0 Å². The molecule has 1 aromatic rings. The van der Waals surface area contributed by atoms with Crippen molar-refractivity contribution in [3.8, 4) is 0 Å². The van der Waals surface area contributed by atoms with E-state index in [1.54, 1.807) is 0 Å². The first-order valence-electron chi connectivity index (χ1n) is 4.14. The third-order valence-electron chi connectivity index (χ3n) is 1.88. The summed E-state index contributed by atoms with van der Waals surface area (Å²) in [6, 6.07) is 3.52. The Morgan fingerprint density at radius 1 is 1.36 bits per heavy atom. The van der Waals surface area contributed by atoms with Gasteiger partial charge in [0.05, 0.1) is 0 Å². The topological polar surface area (TPSA) is 17.1 Å². The molecule has 0 aliphatic carbocycles. The third-order valence-corrected chi connectivity index (χ3v) is 1.88. The molecule has 0 saturated heterocycles. The average Bonchev–Trinajstić information content (AvgIpc) is 2.11. The highest BCUT2D eigenvalue weighted by Crippen LogP contribution is 2.14. The van der Waals surface area contributed by atoms with Gasteiger partial charge in [-0.25, -0.2) is 8.78 Å². The molecular formula is C11H10F2O. The zero-order valence-electron chi connectivity index (χ0n) is 7.81. The molecule has 0 aliphatic heterocycles. The fraction of sp³-hybridized carbons (Fsp3) is 0.182. The molecule has 0 amide bonds. The van der Waals surface area contributed by atoms with Gasteiger partial charge in [0, 0.05) is 12.0 Å². The number of benzene rings is 1. The highest BCUT2D eigenvalue weighted by Gasteiger charge is 2.12. The van der Waals surface area contributed by atoms with E-state index in [9.17, 15) is 13.6 Å². The zero-order valence-corrected chi connectivity index (χ0v) is 7.81. The summed E-state index contributed by atoms with van der Waals surface area (Å²) < 4.78 is 26.1. The van der Waals surface area contributed by atoms with Gasteiger partial charge in [-0.2, -0.15) is 0 Å². The minimum Gasteiger partial charge on any atom is -0.294 e. The summed E-state index contributed by atoms with van der Waals surface area (Å²) in [6.07, 6.45) is -0.270. The van der Waals surface area contributed by atoms with Crippen LogP contribution in [0.25, 0.3) is 0 Å². The number of hydrogen-bond donors (Lipinski definition) is 0. The van der Waals surface area contributed by atoms with Crippen LogP contribution >= 0.6 is 0 Å². The molecule has 0 bridgehead atoms. The van der Waals surface area contributed by atoms with Crippen molar-refractivity contribution >= 4 is 5.78 Å². The average molecular weight is 196 g/mol. The molecule has 74 valence electrons. The van der Waals surface area contributed by atoms with Crippen molar-refractivity contribution in [2.75, 3.05) is 0 Å². The van der Waals surface area contributed by atoms with E-state index in [1.165, 1.54) is 13.0 Å². The largest absolute Gasteiger partial charge is 0.294 e. The van der Waals surface area contributed by atoms with Crippen LogP contribution in [0.1, 0.15) is 12.5 Å². The van der Waals surface area contributed by atoms with E-state index in [1.807, 2.05) is 0 Å². The maximum Gasteiger partial charge on any atom is 0.162 e. The van der Waals surface area contributed by atoms with E-state index in [-0.39, 0.29) is 17.8 Å². The maximum absolute atomic E-state index is 13.1. The second-order valence-electron chi connectivity index (χ2n) is 3.08. The van der Waals surface area contributed by atoms with Crippen LogP contribution in [0.3, 0.4) is 0 Å². The summed E-state index contributed by atoms with van der Waals surface area (Å²) in [5, 5.41) is 0. The second-order valence-corrected chi connectivity index (χ2v) is 3.08. The van der Waals surface area contributed by atoms with Gasteiger partial charge in [0.1, 0.15) is 11.6 Å². The van der Waals surface area contributed by atoms with Crippen LogP contribution in [0, 0.1) is 11.6 Å². The van der Waals surface area contributed by atoms with Crippen LogP contribution in [-0.4, -0.2) is 5.78 Å². The van der Waals surface area contributed by atoms with Crippen LogP contribution in [0.15, 0.2) is 30.4 Å². The van der Waals surface area contributed by atoms with E-state index in [2.05, 4.69) is 6.58 Å². The molecule has 1 rings (SSSR count). The van der Waals surface area contributed by atoms with Crippen molar-refractivity contribution in [3.63, 3.8) is 0 Å². The smallest absolute Gasteiger partial charge is 0.162 e. The molecule has 0 atom stereocenters. The lowest BCUT2D eigenvalue weighted by molar-refractivity contribution is -0.115. The molecule has 0 aliphatic rings. The Balaban J connectivity index is 2.97. The summed E-state index contributed by atoms with van der Waals surface area (Å²) in [7, 11) is 0. The molecule has 0 heterocycles. The zero-order chi connectivity index (χ0) is 10.7. The van der Waals surface area contributed by atoms with Crippen molar-refractivity contribution in [2.24, 2.45) is 0 Å². The number of rotatable bonds is 3. The van der Waals surface area contributed by atoms with E-state index >= 15 is 0 Å². The van der Waals surface area contributed by atoms with Crippen molar-refractivity contribution in [3.05, 3.63) is 47.5 Å². The maximum atomic E-state index is 13.1. The molecular weight excluding hydrogens is 186 g/mol. The Labute approximate surface area is 81.1 Å². The Bertz CT molecular complexity index is 363. The van der Waals surface area contributed by atoms with Gasteiger partial charge in [-0.15, -0.1) is 0 Å². The molecule has 0 spiro atoms. The molecule has 0 aromatic heterocycles. The summed E-state index contributed by atoms with van der Waals surface area (Å²) in [5.41, 5.74) is 0.105. The first-order chi connectivity index (χ1) is 6.52. The van der Waals surface area contributed by atoms with E-state index in [0.29, 0.717) is 5.57 Å². The molecule has 14 heavy (non-hydrogen) atoms. The minimum absolute atomic E-state index is 0.194. The predicted molar refractivity (Wildman–Crippen MR) is 49.9 cm³/mol. The summed E-state index contributed by atoms with van der Waals surface area (Å²) >= 11 is 0. The van der Waals surface area contributed by atoms with Crippen molar-refractivity contribution in [1.82, 2.24) is 0 Å². The van der Waals surface area contributed by atoms with Crippen molar-refractivity contribution in [1.29, 1.82) is 0 Å². The van der Waals surface area contributed by atoms with Gasteiger partial charge in [-0.1, -0.05) is 12.6 Å². The van der Waals surface area contributed by atoms with Crippen molar-refractivity contribution < 1.29 is 13.6 Å². The molecule has 1 aromatic carbocycles. The lowest BCUT2D eigenvalue weighted by Crippen LogP contribution is -2.07. The Kier molecular flexibility index (Phi) is 3.12. The monoisotopic (exact) mass is 196 g/mol. The number of carbonyl (C=O) groups is 1. The Morgan fingerprint density at radius 2 is 1.86 bits per heavy atom. The standard InChI is InChI=1S/C11H10F2O/c1-7(2)11(14)6-8-9(12)4-3-5-10(8)13/h3-5H,1,6H2,2H3. The van der Waals surface area contributed by atoms with Gasteiger partial charge in [0.25, 0.3) is 0 Å². The van der Waals surface area contributed by atoms with Crippen molar-refractivity contribution in [2.45, 2.75) is 13.3 Å². The van der Waals surface area contributed by atoms with Gasteiger partial charge in [0.15, 0.2) is 5.78 Å². The van der Waals surface area contributed by atoms with Crippen LogP contribution < -0.4 is 0 Å². The summed E-state index contributed by atoms with van der Waals surface area (Å²) in [6.45, 7) is 4.93. The fourth-order valence-corrected chi connectivity index (χ4v) is 1.01. The number of ketones is 1. The third kappa shape index (κ3) is 2.25. The molecule has 1 nitrogen and oxygen atoms in total. The molecule has 0 unspecified atom stereocenters. The lowest BCUT2D eigenvalue weighted by Gasteiger charge is -2.03. The van der Waals surface area contributed by atoms with Gasteiger partial charge >= 0.3 is 0 Å². The number of allylic oxidation sites excluding steroid dienone is 1. The highest BCUT2D eigenvalue weighted by molar-refractivity contribution is 5.95. The van der Waals surface area contributed by atoms with Crippen LogP contribution in [0.2, 0.25) is 0 Å². The van der Waals surface area contributed by atoms with Crippen LogP contribution in [-0.2, 0) is 11.2 Å². The summed E-state index contributed by atoms with van der Waals surface area (Å²) in [5.74, 6) is -1.74. The molecule has 0 fully saturated rings. The SMILES string of the molecule is C=C(C)C(=O)Cc1c(F)cccc1F. The lowest BCUT2D eigenvalue weighted by atomic mass is 10.0. The van der Waals surface area contributed by atoms with Gasteiger partial charge in [-0.05, 0) is 24.6 Å². The second kappa shape index (κ2) is 4.13. The van der Waals surface area contributed by atoms with Gasteiger partial charge in [-0.3, -0.25) is 4.79 Å². The number of hydrogen-bond acceptors (Lipinski definition) is 1. The first kappa shape index (κ1) is 10.6. The van der Waals surface area contributed by atoms with E-state index in [0.717, 1.165) is 12.1 Å². The fourth-order valence-electron chi connectivity index (χ4n) is 1.01. The molecule has 0 N–H and O–H groups in total. The number of halogens is 2. The Morgan fingerprint density at radius 3 is 2.29 bits per heavy atom. The van der Waals surface area contributed by atoms with Crippen LogP contribution in [0.4, 0.5) is 8.78 Å². The first-order valence-corrected chi connectivity index (χ1v) is 4.14. The number of carbonyl (C=O) groups excluding carboxylic acids is 1. The molecule has 0 saturated carbocycles. The molecule has 0 radical (unpaired) electrons. The number of Topliss-reactive ketones (excluding diaryl/α,β-unsaturated/α-hetero) is 1. The quantitative estimate of drug-likeness (QED) is 0.679. The Hall–Kier alpha value is -1.51. The van der Waals surface area contributed by atoms with E-state index in [4.69, 9.17) is 0 Å². The highest BCUT2D eigenvalue weighted by atomic mass is 19.1. The molecule has 3 heteroatoms. The predicted octanol–water partition coefficient (Wildman–Crippen LogP) is 2.65. The van der Waals surface area contributed by atoms with E-state index < -0.39 is 11.6 Å². The van der Waals surface area contributed by atoms with Gasteiger partial charge < -0.3 is 0 Å². The normalized spacial score (nSPS) is 9.93. The minimum atomic E-state index is -0.695. The van der Waals surface area contributed by atoms with Gasteiger partial charge in [0.2, 0.25) is 0 Å².